The van der Waals surface area contributed by atoms with E-state index in [0.29, 0.717) is 11.8 Å². The lowest BCUT2D eigenvalue weighted by Crippen LogP contribution is -2.51. The molecule has 0 amide bonds. The van der Waals surface area contributed by atoms with E-state index in [4.69, 9.17) is 12.2 Å². The second-order valence-corrected chi connectivity index (χ2v) is 7.13. The van der Waals surface area contributed by atoms with E-state index in [1.165, 1.54) is 5.56 Å². The fraction of sp³-hybridized carbons (Fsp3) is 0.368. The van der Waals surface area contributed by atoms with Gasteiger partial charge in [0.1, 0.15) is 0 Å². The maximum atomic E-state index is 12.1. The van der Waals surface area contributed by atoms with Crippen molar-refractivity contribution in [1.82, 2.24) is 14.8 Å². The predicted molar refractivity (Wildman–Crippen MR) is 99.0 cm³/mol. The molecule has 0 spiro atoms. The number of aromatic nitrogens is 1. The van der Waals surface area contributed by atoms with E-state index in [0.717, 1.165) is 43.4 Å². The van der Waals surface area contributed by atoms with Gasteiger partial charge in [-0.2, -0.15) is 0 Å². The van der Waals surface area contributed by atoms with Crippen LogP contribution in [0.5, 0.6) is 0 Å². The summed E-state index contributed by atoms with van der Waals surface area (Å²) in [7, 11) is 0. The molecule has 0 radical (unpaired) electrons. The summed E-state index contributed by atoms with van der Waals surface area (Å²) in [5.74, 6) is 0.885. The molecule has 2 aliphatic rings. The van der Waals surface area contributed by atoms with E-state index in [-0.39, 0.29) is 5.56 Å². The summed E-state index contributed by atoms with van der Waals surface area (Å²) in [4.78, 5) is 14.4. The first-order valence-electron chi connectivity index (χ1n) is 8.47. The number of hydrogen-bond donors (Lipinski definition) is 1. The van der Waals surface area contributed by atoms with Crippen LogP contribution in [-0.4, -0.2) is 27.7 Å². The van der Waals surface area contributed by atoms with Crippen LogP contribution in [0.2, 0.25) is 0 Å². The van der Waals surface area contributed by atoms with Crippen molar-refractivity contribution in [1.29, 1.82) is 0 Å². The highest BCUT2D eigenvalue weighted by Crippen LogP contribution is 2.34. The first-order chi connectivity index (χ1) is 11.7. The number of nitrogens with zero attached hydrogens (tertiary/aromatic N) is 2. The number of likely N-dealkylation sites (tertiary alicyclic amines) is 1. The van der Waals surface area contributed by atoms with Crippen LogP contribution in [-0.2, 0) is 13.1 Å². The van der Waals surface area contributed by atoms with E-state index in [1.54, 1.807) is 6.07 Å². The van der Waals surface area contributed by atoms with Gasteiger partial charge in [0.15, 0.2) is 5.11 Å². The van der Waals surface area contributed by atoms with Gasteiger partial charge >= 0.3 is 0 Å². The van der Waals surface area contributed by atoms with Crippen molar-refractivity contribution < 1.29 is 0 Å². The standard InChI is InChI=1S/C19H21N3OS/c23-18-8-4-7-17-16-9-15(12-22(17)18)11-21(13-16)19(24)20-10-14-5-2-1-3-6-14/h1-8,15-16H,9-13H2,(H,20,24)/t15-,16-/m0/s1. The molecule has 1 aromatic carbocycles. The van der Waals surface area contributed by atoms with Crippen molar-refractivity contribution >= 4 is 17.3 Å². The molecular weight excluding hydrogens is 318 g/mol. The minimum absolute atomic E-state index is 0.125. The number of nitrogens with one attached hydrogen (secondary N) is 1. The first kappa shape index (κ1) is 15.4. The van der Waals surface area contributed by atoms with E-state index in [9.17, 15) is 4.79 Å². The molecule has 5 heteroatoms. The average Bonchev–Trinajstić information content (AvgIpc) is 2.61. The molecule has 1 saturated heterocycles. The van der Waals surface area contributed by atoms with Crippen LogP contribution in [0.15, 0.2) is 53.3 Å². The Kier molecular flexibility index (Phi) is 4.10. The third-order valence-corrected chi connectivity index (χ3v) is 5.46. The highest BCUT2D eigenvalue weighted by Gasteiger charge is 2.35. The van der Waals surface area contributed by atoms with Crippen molar-refractivity contribution in [3.05, 3.63) is 70.1 Å². The van der Waals surface area contributed by atoms with Crippen molar-refractivity contribution in [3.63, 3.8) is 0 Å². The Morgan fingerprint density at radius 3 is 2.75 bits per heavy atom. The first-order valence-corrected chi connectivity index (χ1v) is 8.88. The molecule has 4 nitrogen and oxygen atoms in total. The summed E-state index contributed by atoms with van der Waals surface area (Å²) >= 11 is 5.62. The molecule has 3 heterocycles. The quantitative estimate of drug-likeness (QED) is 0.852. The molecule has 0 unspecified atom stereocenters. The van der Waals surface area contributed by atoms with Crippen LogP contribution < -0.4 is 10.9 Å². The van der Waals surface area contributed by atoms with Crippen LogP contribution in [0.3, 0.4) is 0 Å². The summed E-state index contributed by atoms with van der Waals surface area (Å²) in [5, 5.41) is 4.20. The molecule has 2 bridgehead atoms. The maximum absolute atomic E-state index is 12.1. The van der Waals surface area contributed by atoms with Gasteiger partial charge in [-0.25, -0.2) is 0 Å². The van der Waals surface area contributed by atoms with Gasteiger partial charge in [-0.1, -0.05) is 36.4 Å². The summed E-state index contributed by atoms with van der Waals surface area (Å²) < 4.78 is 1.95. The zero-order valence-electron chi connectivity index (χ0n) is 13.5. The molecule has 1 aromatic heterocycles. The number of fused-ring (bicyclic) bond motifs is 4. The Morgan fingerprint density at radius 1 is 1.08 bits per heavy atom. The van der Waals surface area contributed by atoms with E-state index in [1.807, 2.05) is 28.8 Å². The van der Waals surface area contributed by atoms with Gasteiger partial charge in [0.25, 0.3) is 5.56 Å². The monoisotopic (exact) mass is 339 g/mol. The zero-order valence-corrected chi connectivity index (χ0v) is 14.3. The van der Waals surface area contributed by atoms with E-state index in [2.05, 4.69) is 28.4 Å². The summed E-state index contributed by atoms with van der Waals surface area (Å²) in [6.45, 7) is 3.38. The Bertz CT molecular complexity index is 802. The topological polar surface area (TPSA) is 37.3 Å². The molecule has 2 aliphatic heterocycles. The van der Waals surface area contributed by atoms with Crippen LogP contribution in [0.1, 0.15) is 23.6 Å². The normalized spacial score (nSPS) is 21.9. The van der Waals surface area contributed by atoms with Gasteiger partial charge in [0.05, 0.1) is 0 Å². The third kappa shape index (κ3) is 2.96. The van der Waals surface area contributed by atoms with Gasteiger partial charge in [-0.3, -0.25) is 4.79 Å². The van der Waals surface area contributed by atoms with Crippen LogP contribution in [0, 0.1) is 5.92 Å². The van der Waals surface area contributed by atoms with Gasteiger partial charge in [-0.05, 0) is 36.2 Å². The summed E-state index contributed by atoms with van der Waals surface area (Å²) in [5.41, 5.74) is 2.52. The lowest BCUT2D eigenvalue weighted by Gasteiger charge is -2.43. The Labute approximate surface area is 147 Å². The Morgan fingerprint density at radius 2 is 1.92 bits per heavy atom. The molecule has 124 valence electrons. The zero-order chi connectivity index (χ0) is 16.5. The number of piperidine rings is 1. The number of rotatable bonds is 2. The third-order valence-electron chi connectivity index (χ3n) is 5.05. The Balaban J connectivity index is 1.46. The predicted octanol–water partition coefficient (Wildman–Crippen LogP) is 2.34. The number of thiocarbonyl (C=S) groups is 1. The van der Waals surface area contributed by atoms with Gasteiger partial charge < -0.3 is 14.8 Å². The molecule has 4 rings (SSSR count). The van der Waals surface area contributed by atoms with Crippen LogP contribution in [0.25, 0.3) is 0 Å². The van der Waals surface area contributed by atoms with Crippen molar-refractivity contribution in [2.24, 2.45) is 5.92 Å². The average molecular weight is 339 g/mol. The molecule has 24 heavy (non-hydrogen) atoms. The van der Waals surface area contributed by atoms with E-state index >= 15 is 0 Å². The highest BCUT2D eigenvalue weighted by atomic mass is 32.1. The molecule has 1 N–H and O–H groups in total. The molecule has 0 saturated carbocycles. The van der Waals surface area contributed by atoms with Crippen molar-refractivity contribution in [2.45, 2.75) is 25.4 Å². The van der Waals surface area contributed by atoms with Gasteiger partial charge in [-0.15, -0.1) is 0 Å². The molecule has 2 aromatic rings. The largest absolute Gasteiger partial charge is 0.358 e. The van der Waals surface area contributed by atoms with Crippen LogP contribution in [0.4, 0.5) is 0 Å². The minimum Gasteiger partial charge on any atom is -0.358 e. The molecular formula is C19H21N3OS. The van der Waals surface area contributed by atoms with Crippen LogP contribution >= 0.6 is 12.2 Å². The number of benzene rings is 1. The number of hydrogen-bond acceptors (Lipinski definition) is 2. The van der Waals surface area contributed by atoms with Crippen molar-refractivity contribution in [3.8, 4) is 0 Å². The molecule has 2 atom stereocenters. The SMILES string of the molecule is O=c1cccc2n1C[C@H]1C[C@H]2CN(C(=S)NCc2ccccc2)C1. The lowest BCUT2D eigenvalue weighted by atomic mass is 9.83. The fourth-order valence-electron chi connectivity index (χ4n) is 3.95. The van der Waals surface area contributed by atoms with Gasteiger partial charge in [0.2, 0.25) is 0 Å². The maximum Gasteiger partial charge on any atom is 0.250 e. The van der Waals surface area contributed by atoms with Crippen molar-refractivity contribution in [2.75, 3.05) is 13.1 Å². The number of pyridine rings is 1. The summed E-state index contributed by atoms with van der Waals surface area (Å²) in [6.07, 6.45) is 1.15. The second-order valence-electron chi connectivity index (χ2n) is 6.75. The fourth-order valence-corrected chi connectivity index (χ4v) is 4.17. The lowest BCUT2D eigenvalue weighted by molar-refractivity contribution is 0.177. The smallest absolute Gasteiger partial charge is 0.250 e. The Hall–Kier alpha value is -2.14. The van der Waals surface area contributed by atoms with E-state index < -0.39 is 0 Å². The highest BCUT2D eigenvalue weighted by molar-refractivity contribution is 7.80. The second kappa shape index (κ2) is 6.40. The minimum atomic E-state index is 0.125. The molecule has 0 aliphatic carbocycles. The molecule has 1 fully saturated rings. The summed E-state index contributed by atoms with van der Waals surface area (Å²) in [6, 6.07) is 15.9. The van der Waals surface area contributed by atoms with Gasteiger partial charge in [0, 0.05) is 43.9 Å².